The van der Waals surface area contributed by atoms with Crippen molar-refractivity contribution in [3.05, 3.63) is 71.8 Å². The first kappa shape index (κ1) is 18.9. The van der Waals surface area contributed by atoms with E-state index in [1.54, 1.807) is 24.3 Å². The number of carbonyl (C=O) groups is 2. The van der Waals surface area contributed by atoms with Gasteiger partial charge in [-0.05, 0) is 35.0 Å². The molecule has 0 saturated carbocycles. The summed E-state index contributed by atoms with van der Waals surface area (Å²) in [6.07, 6.45) is 1.29. The molecule has 3 N–H and O–H groups in total. The number of aromatic hydroxyl groups is 1. The number of hydrogen-bond acceptors (Lipinski definition) is 5. The van der Waals surface area contributed by atoms with Gasteiger partial charge in [-0.1, -0.05) is 36.4 Å². The zero-order valence-corrected chi connectivity index (χ0v) is 15.2. The summed E-state index contributed by atoms with van der Waals surface area (Å²) >= 11 is 0. The van der Waals surface area contributed by atoms with Gasteiger partial charge in [-0.15, -0.1) is 0 Å². The number of rotatable bonds is 6. The molecular formula is C21H19N3O4. The summed E-state index contributed by atoms with van der Waals surface area (Å²) < 4.78 is 5.07. The Morgan fingerprint density at radius 2 is 1.89 bits per heavy atom. The minimum absolute atomic E-state index is 0.00283. The lowest BCUT2D eigenvalue weighted by atomic mass is 10.0. The highest BCUT2D eigenvalue weighted by Crippen LogP contribution is 2.21. The fourth-order valence-corrected chi connectivity index (χ4v) is 2.66. The Bertz CT molecular complexity index is 1040. The van der Waals surface area contributed by atoms with Gasteiger partial charge in [0.2, 0.25) is 0 Å². The molecule has 3 aromatic carbocycles. The standard InChI is InChI=1S/C21H19N3O4/c1-28-16-9-10-19(25)15(11-16)12-23-24-20(26)13-22-21(27)18-8-4-6-14-5-2-3-7-17(14)18/h2-12,25H,13H2,1H3,(H,22,27)(H,24,26)/b23-12-. The largest absolute Gasteiger partial charge is 0.507 e. The van der Waals surface area contributed by atoms with Gasteiger partial charge >= 0.3 is 0 Å². The number of ether oxygens (including phenoxy) is 1. The molecule has 28 heavy (non-hydrogen) atoms. The summed E-state index contributed by atoms with van der Waals surface area (Å²) in [6, 6.07) is 17.6. The zero-order valence-electron chi connectivity index (χ0n) is 15.2. The number of amides is 2. The Morgan fingerprint density at radius 3 is 2.71 bits per heavy atom. The van der Waals surface area contributed by atoms with E-state index < -0.39 is 5.91 Å². The van der Waals surface area contributed by atoms with Crippen LogP contribution in [0.5, 0.6) is 11.5 Å². The van der Waals surface area contributed by atoms with Crippen molar-refractivity contribution in [2.75, 3.05) is 13.7 Å². The molecule has 2 amide bonds. The van der Waals surface area contributed by atoms with Crippen LogP contribution in [0.25, 0.3) is 10.8 Å². The third kappa shape index (κ3) is 4.45. The Hall–Kier alpha value is -3.87. The fraction of sp³-hybridized carbons (Fsp3) is 0.0952. The smallest absolute Gasteiger partial charge is 0.259 e. The number of methoxy groups -OCH3 is 1. The van der Waals surface area contributed by atoms with Crippen molar-refractivity contribution in [2.24, 2.45) is 5.10 Å². The molecule has 0 atom stereocenters. The van der Waals surface area contributed by atoms with Crippen LogP contribution in [-0.2, 0) is 4.79 Å². The normalized spacial score (nSPS) is 10.8. The third-order valence-electron chi connectivity index (χ3n) is 4.07. The van der Waals surface area contributed by atoms with Crippen molar-refractivity contribution in [1.29, 1.82) is 0 Å². The van der Waals surface area contributed by atoms with Gasteiger partial charge in [-0.25, -0.2) is 5.43 Å². The Labute approximate surface area is 161 Å². The molecule has 0 heterocycles. The highest BCUT2D eigenvalue weighted by Gasteiger charge is 2.10. The van der Waals surface area contributed by atoms with Gasteiger partial charge in [0.15, 0.2) is 0 Å². The predicted molar refractivity (Wildman–Crippen MR) is 107 cm³/mol. The van der Waals surface area contributed by atoms with E-state index in [1.807, 2.05) is 30.3 Å². The first-order valence-corrected chi connectivity index (χ1v) is 8.53. The predicted octanol–water partition coefficient (Wildman–Crippen LogP) is 2.43. The van der Waals surface area contributed by atoms with E-state index in [0.29, 0.717) is 16.9 Å². The highest BCUT2D eigenvalue weighted by molar-refractivity contribution is 6.07. The van der Waals surface area contributed by atoms with Gasteiger partial charge in [0.05, 0.1) is 19.9 Å². The van der Waals surface area contributed by atoms with Gasteiger partial charge < -0.3 is 15.2 Å². The van der Waals surface area contributed by atoms with Gasteiger partial charge in [-0.2, -0.15) is 5.10 Å². The molecular weight excluding hydrogens is 358 g/mol. The maximum Gasteiger partial charge on any atom is 0.259 e. The maximum absolute atomic E-state index is 12.4. The van der Waals surface area contributed by atoms with E-state index >= 15 is 0 Å². The number of benzene rings is 3. The van der Waals surface area contributed by atoms with Crippen molar-refractivity contribution in [3.63, 3.8) is 0 Å². The number of nitrogens with one attached hydrogen (secondary N) is 2. The summed E-state index contributed by atoms with van der Waals surface area (Å²) in [4.78, 5) is 24.3. The van der Waals surface area contributed by atoms with E-state index in [-0.39, 0.29) is 18.2 Å². The first-order chi connectivity index (χ1) is 13.6. The molecule has 142 valence electrons. The van der Waals surface area contributed by atoms with Crippen LogP contribution in [0.3, 0.4) is 0 Å². The fourth-order valence-electron chi connectivity index (χ4n) is 2.66. The van der Waals surface area contributed by atoms with Crippen molar-refractivity contribution >= 4 is 28.8 Å². The van der Waals surface area contributed by atoms with Crippen molar-refractivity contribution < 1.29 is 19.4 Å². The molecule has 0 aliphatic heterocycles. The molecule has 0 fully saturated rings. The lowest BCUT2D eigenvalue weighted by molar-refractivity contribution is -0.120. The summed E-state index contributed by atoms with van der Waals surface area (Å²) in [5.41, 5.74) is 3.19. The van der Waals surface area contributed by atoms with Crippen molar-refractivity contribution in [1.82, 2.24) is 10.7 Å². The lowest BCUT2D eigenvalue weighted by Gasteiger charge is -2.07. The second kappa shape index (κ2) is 8.68. The number of fused-ring (bicyclic) bond motifs is 1. The second-order valence-corrected chi connectivity index (χ2v) is 5.93. The van der Waals surface area contributed by atoms with Crippen LogP contribution in [0.15, 0.2) is 65.8 Å². The molecule has 0 aromatic heterocycles. The molecule has 0 radical (unpaired) electrons. The molecule has 3 rings (SSSR count). The molecule has 0 aliphatic rings. The monoisotopic (exact) mass is 377 g/mol. The molecule has 7 nitrogen and oxygen atoms in total. The van der Waals surface area contributed by atoms with Gasteiger partial charge in [0, 0.05) is 11.1 Å². The van der Waals surface area contributed by atoms with E-state index in [2.05, 4.69) is 15.8 Å². The number of hydrogen-bond donors (Lipinski definition) is 3. The van der Waals surface area contributed by atoms with Crippen LogP contribution in [-0.4, -0.2) is 36.8 Å². The lowest BCUT2D eigenvalue weighted by Crippen LogP contribution is -2.35. The average molecular weight is 377 g/mol. The molecule has 7 heteroatoms. The number of phenolic OH excluding ortho intramolecular Hbond substituents is 1. The Morgan fingerprint density at radius 1 is 1.11 bits per heavy atom. The van der Waals surface area contributed by atoms with Crippen LogP contribution in [0.1, 0.15) is 15.9 Å². The molecule has 0 spiro atoms. The highest BCUT2D eigenvalue weighted by atomic mass is 16.5. The van der Waals surface area contributed by atoms with Gasteiger partial charge in [0.25, 0.3) is 11.8 Å². The van der Waals surface area contributed by atoms with E-state index in [0.717, 1.165) is 10.8 Å². The van der Waals surface area contributed by atoms with E-state index in [1.165, 1.54) is 19.4 Å². The SMILES string of the molecule is COc1ccc(O)c(/C=N\NC(=O)CNC(=O)c2cccc3ccccc23)c1. The topological polar surface area (TPSA) is 100 Å². The molecule has 0 unspecified atom stereocenters. The van der Waals surface area contributed by atoms with Crippen molar-refractivity contribution in [3.8, 4) is 11.5 Å². The van der Waals surface area contributed by atoms with Crippen LogP contribution in [0, 0.1) is 0 Å². The summed E-state index contributed by atoms with van der Waals surface area (Å²) in [5, 5.41) is 17.9. The Kier molecular flexibility index (Phi) is 5.86. The third-order valence-corrected chi connectivity index (χ3v) is 4.07. The minimum Gasteiger partial charge on any atom is -0.507 e. The molecule has 0 saturated heterocycles. The summed E-state index contributed by atoms with van der Waals surface area (Å²) in [7, 11) is 1.51. The quantitative estimate of drug-likeness (QED) is 0.454. The maximum atomic E-state index is 12.4. The van der Waals surface area contributed by atoms with Crippen LogP contribution >= 0.6 is 0 Å². The number of nitrogens with zero attached hydrogens (tertiary/aromatic N) is 1. The summed E-state index contributed by atoms with van der Waals surface area (Å²) in [5.74, 6) is -0.287. The molecule has 3 aromatic rings. The zero-order chi connectivity index (χ0) is 19.9. The van der Waals surface area contributed by atoms with E-state index in [9.17, 15) is 14.7 Å². The van der Waals surface area contributed by atoms with Crippen LogP contribution < -0.4 is 15.5 Å². The number of phenols is 1. The van der Waals surface area contributed by atoms with Crippen molar-refractivity contribution in [2.45, 2.75) is 0 Å². The van der Waals surface area contributed by atoms with Gasteiger partial charge in [-0.3, -0.25) is 9.59 Å². The second-order valence-electron chi connectivity index (χ2n) is 5.93. The summed E-state index contributed by atoms with van der Waals surface area (Å²) in [6.45, 7) is -0.233. The number of carbonyl (C=O) groups excluding carboxylic acids is 2. The molecule has 0 bridgehead atoms. The Balaban J connectivity index is 1.58. The van der Waals surface area contributed by atoms with Gasteiger partial charge in [0.1, 0.15) is 11.5 Å². The van der Waals surface area contributed by atoms with E-state index in [4.69, 9.17) is 4.74 Å². The van der Waals surface area contributed by atoms with Crippen LogP contribution in [0.2, 0.25) is 0 Å². The average Bonchev–Trinajstić information content (AvgIpc) is 2.73. The van der Waals surface area contributed by atoms with Crippen LogP contribution in [0.4, 0.5) is 0 Å². The number of hydrazone groups is 1. The minimum atomic E-state index is -0.493. The first-order valence-electron chi connectivity index (χ1n) is 8.53. The molecule has 0 aliphatic carbocycles.